The van der Waals surface area contributed by atoms with Crippen LogP contribution in [0.15, 0.2) is 18.2 Å². The average molecular weight is 272 g/mol. The number of nitrogens with two attached hydrogens (primary N) is 1. The maximum Gasteiger partial charge on any atom is 0.124 e. The van der Waals surface area contributed by atoms with Crippen molar-refractivity contribution in [2.24, 2.45) is 5.73 Å². The lowest BCUT2D eigenvalue weighted by atomic mass is 10.0. The van der Waals surface area contributed by atoms with Crippen LogP contribution < -0.4 is 10.6 Å². The van der Waals surface area contributed by atoms with Gasteiger partial charge >= 0.3 is 0 Å². The number of hydrogen-bond donors (Lipinski definition) is 2. The van der Waals surface area contributed by atoms with Crippen molar-refractivity contribution in [2.75, 3.05) is 25.0 Å². The Morgan fingerprint density at radius 3 is 2.75 bits per heavy atom. The fraction of sp³-hybridized carbons (Fsp3) is 0.562. The van der Waals surface area contributed by atoms with E-state index in [1.54, 1.807) is 0 Å². The molecule has 2 heterocycles. The third kappa shape index (κ3) is 2.18. The highest BCUT2D eigenvalue weighted by Gasteiger charge is 2.35. The highest BCUT2D eigenvalue weighted by atomic mass is 15.3. The van der Waals surface area contributed by atoms with E-state index in [2.05, 4.69) is 29.8 Å². The normalized spacial score (nSPS) is 26.6. The largest absolute Gasteiger partial charge is 0.384 e. The summed E-state index contributed by atoms with van der Waals surface area (Å²) in [6, 6.07) is 7.45. The van der Waals surface area contributed by atoms with Crippen LogP contribution in [0.25, 0.3) is 0 Å². The number of para-hydroxylation sites is 1. The van der Waals surface area contributed by atoms with E-state index < -0.39 is 0 Å². The van der Waals surface area contributed by atoms with E-state index in [0.29, 0.717) is 6.04 Å². The number of likely N-dealkylation sites (N-methyl/N-ethyl adjacent to an activating group) is 1. The molecule has 3 N–H and O–H groups in total. The van der Waals surface area contributed by atoms with Gasteiger partial charge in [0, 0.05) is 30.7 Å². The van der Waals surface area contributed by atoms with E-state index >= 15 is 0 Å². The highest BCUT2D eigenvalue weighted by molar-refractivity contribution is 6.01. The Morgan fingerprint density at radius 2 is 2.00 bits per heavy atom. The van der Waals surface area contributed by atoms with Crippen molar-refractivity contribution in [2.45, 2.75) is 38.3 Å². The zero-order valence-corrected chi connectivity index (χ0v) is 12.4. The molecule has 1 aromatic carbocycles. The summed E-state index contributed by atoms with van der Waals surface area (Å²) in [6.45, 7) is 4.24. The second-order valence-corrected chi connectivity index (χ2v) is 6.17. The predicted octanol–water partition coefficient (Wildman–Crippen LogP) is 1.95. The average Bonchev–Trinajstić information content (AvgIpc) is 2.64. The van der Waals surface area contributed by atoms with Gasteiger partial charge in [-0.25, -0.2) is 0 Å². The van der Waals surface area contributed by atoms with Crippen LogP contribution in [0.2, 0.25) is 0 Å². The van der Waals surface area contributed by atoms with Gasteiger partial charge in [0.1, 0.15) is 5.84 Å². The number of nitrogens with one attached hydrogen (secondary N) is 1. The zero-order chi connectivity index (χ0) is 14.3. The summed E-state index contributed by atoms with van der Waals surface area (Å²) in [5.74, 6) is 0.173. The van der Waals surface area contributed by atoms with Crippen molar-refractivity contribution in [3.05, 3.63) is 29.3 Å². The van der Waals surface area contributed by atoms with Crippen LogP contribution in [0.3, 0.4) is 0 Å². The van der Waals surface area contributed by atoms with E-state index in [-0.39, 0.29) is 5.84 Å². The maximum atomic E-state index is 7.83. The quantitative estimate of drug-likeness (QED) is 0.639. The summed E-state index contributed by atoms with van der Waals surface area (Å²) in [5.41, 5.74) is 9.05. The number of amidine groups is 1. The van der Waals surface area contributed by atoms with Gasteiger partial charge in [-0.3, -0.25) is 10.3 Å². The minimum absolute atomic E-state index is 0.173. The van der Waals surface area contributed by atoms with Crippen LogP contribution in [0.4, 0.5) is 5.69 Å². The Labute approximate surface area is 121 Å². The summed E-state index contributed by atoms with van der Waals surface area (Å²) in [5, 5.41) is 7.83. The summed E-state index contributed by atoms with van der Waals surface area (Å²) >= 11 is 0. The van der Waals surface area contributed by atoms with E-state index in [0.717, 1.165) is 24.7 Å². The third-order valence-electron chi connectivity index (χ3n) is 4.99. The number of benzene rings is 1. The van der Waals surface area contributed by atoms with E-state index in [1.165, 1.54) is 30.5 Å². The minimum Gasteiger partial charge on any atom is -0.384 e. The molecule has 2 fully saturated rings. The second-order valence-electron chi connectivity index (χ2n) is 6.17. The molecular weight excluding hydrogens is 248 g/mol. The van der Waals surface area contributed by atoms with Crippen molar-refractivity contribution in [1.82, 2.24) is 4.90 Å². The molecule has 20 heavy (non-hydrogen) atoms. The molecule has 0 radical (unpaired) electrons. The molecule has 2 aliphatic heterocycles. The molecule has 3 rings (SSSR count). The fourth-order valence-corrected chi connectivity index (χ4v) is 3.81. The summed E-state index contributed by atoms with van der Waals surface area (Å²) in [6.07, 6.45) is 3.83. The molecule has 0 amide bonds. The van der Waals surface area contributed by atoms with Crippen molar-refractivity contribution < 1.29 is 0 Å². The Kier molecular flexibility index (Phi) is 3.42. The molecule has 2 unspecified atom stereocenters. The lowest BCUT2D eigenvalue weighted by Crippen LogP contribution is -2.37. The first-order chi connectivity index (χ1) is 9.58. The zero-order valence-electron chi connectivity index (χ0n) is 12.4. The monoisotopic (exact) mass is 272 g/mol. The number of fused-ring (bicyclic) bond motifs is 2. The first-order valence-corrected chi connectivity index (χ1v) is 7.49. The van der Waals surface area contributed by atoms with Crippen LogP contribution in [0, 0.1) is 12.3 Å². The molecule has 4 nitrogen and oxygen atoms in total. The fourth-order valence-electron chi connectivity index (χ4n) is 3.81. The lowest BCUT2D eigenvalue weighted by molar-refractivity contribution is 0.254. The SMILES string of the molecule is Cc1cccc(C(=N)N)c1N1CCC2CCC(C1)N2C. The molecule has 1 aromatic rings. The van der Waals surface area contributed by atoms with Gasteiger partial charge in [-0.1, -0.05) is 12.1 Å². The van der Waals surface area contributed by atoms with Gasteiger partial charge in [0.2, 0.25) is 0 Å². The Morgan fingerprint density at radius 1 is 1.25 bits per heavy atom. The molecule has 4 heteroatoms. The molecule has 0 aromatic heterocycles. The number of anilines is 1. The summed E-state index contributed by atoms with van der Waals surface area (Å²) in [4.78, 5) is 5.00. The van der Waals surface area contributed by atoms with Crippen LogP contribution in [-0.2, 0) is 0 Å². The van der Waals surface area contributed by atoms with Gasteiger partial charge in [-0.15, -0.1) is 0 Å². The van der Waals surface area contributed by atoms with Crippen LogP contribution in [-0.4, -0.2) is 43.0 Å². The van der Waals surface area contributed by atoms with E-state index in [1.807, 2.05) is 12.1 Å². The van der Waals surface area contributed by atoms with Crippen molar-refractivity contribution in [3.8, 4) is 0 Å². The standard InChI is InChI=1S/C16H24N4/c1-11-4-3-5-14(16(17)18)15(11)20-9-8-12-6-7-13(10-20)19(12)2/h3-5,12-13H,6-10H2,1-2H3,(H3,17,18). The lowest BCUT2D eigenvalue weighted by Gasteiger charge is -2.30. The van der Waals surface area contributed by atoms with Crippen molar-refractivity contribution >= 4 is 11.5 Å². The topological polar surface area (TPSA) is 56.4 Å². The number of aryl methyl sites for hydroxylation is 1. The molecule has 2 bridgehead atoms. The third-order valence-corrected chi connectivity index (χ3v) is 4.99. The van der Waals surface area contributed by atoms with Gasteiger partial charge in [0.05, 0.1) is 5.69 Å². The molecule has 2 saturated heterocycles. The molecular formula is C16H24N4. The number of rotatable bonds is 2. The Balaban J connectivity index is 1.95. The molecule has 108 valence electrons. The van der Waals surface area contributed by atoms with Gasteiger partial charge in [-0.05, 0) is 44.9 Å². The van der Waals surface area contributed by atoms with Crippen molar-refractivity contribution in [3.63, 3.8) is 0 Å². The second kappa shape index (κ2) is 5.09. The smallest absolute Gasteiger partial charge is 0.124 e. The first kappa shape index (κ1) is 13.4. The predicted molar refractivity (Wildman–Crippen MR) is 83.6 cm³/mol. The highest BCUT2D eigenvalue weighted by Crippen LogP contribution is 2.33. The van der Waals surface area contributed by atoms with Gasteiger partial charge < -0.3 is 10.6 Å². The Hall–Kier alpha value is -1.55. The number of nitrogens with zero attached hydrogens (tertiary/aromatic N) is 2. The molecule has 0 spiro atoms. The molecule has 0 aliphatic carbocycles. The minimum atomic E-state index is 0.173. The van der Waals surface area contributed by atoms with Gasteiger partial charge in [-0.2, -0.15) is 0 Å². The Bertz CT molecular complexity index is 525. The molecule has 2 aliphatic rings. The van der Waals surface area contributed by atoms with Crippen LogP contribution in [0.1, 0.15) is 30.4 Å². The summed E-state index contributed by atoms with van der Waals surface area (Å²) in [7, 11) is 2.26. The van der Waals surface area contributed by atoms with Gasteiger partial charge in [0.25, 0.3) is 0 Å². The maximum absolute atomic E-state index is 7.83. The van der Waals surface area contributed by atoms with E-state index in [9.17, 15) is 0 Å². The first-order valence-electron chi connectivity index (χ1n) is 7.49. The van der Waals surface area contributed by atoms with Gasteiger partial charge in [0.15, 0.2) is 0 Å². The van der Waals surface area contributed by atoms with Crippen molar-refractivity contribution in [1.29, 1.82) is 5.41 Å². The molecule has 2 atom stereocenters. The number of hydrogen-bond acceptors (Lipinski definition) is 3. The van der Waals surface area contributed by atoms with E-state index in [4.69, 9.17) is 11.1 Å². The number of nitrogen functional groups attached to an aromatic ring is 1. The summed E-state index contributed by atoms with van der Waals surface area (Å²) < 4.78 is 0. The molecule has 0 saturated carbocycles. The van der Waals surface area contributed by atoms with Crippen LogP contribution >= 0.6 is 0 Å². The van der Waals surface area contributed by atoms with Crippen LogP contribution in [0.5, 0.6) is 0 Å².